The van der Waals surface area contributed by atoms with Crippen LogP contribution in [0.1, 0.15) is 10.4 Å². The van der Waals surface area contributed by atoms with Crippen LogP contribution in [0.25, 0.3) is 0 Å². The van der Waals surface area contributed by atoms with Gasteiger partial charge in [0.05, 0.1) is 16.7 Å². The Balaban J connectivity index is 2.84. The minimum Gasteiger partial charge on any atom is -0.396 e. The maximum absolute atomic E-state index is 13.2. The van der Waals surface area contributed by atoms with E-state index in [9.17, 15) is 24.1 Å². The summed E-state index contributed by atoms with van der Waals surface area (Å²) < 4.78 is 13.2. The predicted octanol–water partition coefficient (Wildman–Crippen LogP) is -0.286. The van der Waals surface area contributed by atoms with Crippen LogP contribution in [-0.4, -0.2) is 30.0 Å². The van der Waals surface area contributed by atoms with Crippen molar-refractivity contribution in [3.63, 3.8) is 0 Å². The van der Waals surface area contributed by atoms with Crippen molar-refractivity contribution < 1.29 is 18.9 Å². The molecule has 0 aliphatic rings. The van der Waals surface area contributed by atoms with Gasteiger partial charge in [-0.05, 0) is 6.07 Å². The van der Waals surface area contributed by atoms with Crippen LogP contribution in [0.5, 0.6) is 0 Å². The molecule has 9 nitrogen and oxygen atoms in total. The lowest BCUT2D eigenvalue weighted by Crippen LogP contribution is -2.37. The van der Waals surface area contributed by atoms with Gasteiger partial charge in [-0.25, -0.2) is 9.18 Å². The fourth-order valence-electron chi connectivity index (χ4n) is 1.37. The summed E-state index contributed by atoms with van der Waals surface area (Å²) in [7, 11) is 0. The number of nitrogens with one attached hydrogen (secondary N) is 2. The van der Waals surface area contributed by atoms with Gasteiger partial charge in [-0.3, -0.25) is 14.9 Å². The van der Waals surface area contributed by atoms with Crippen LogP contribution in [-0.2, 0) is 0 Å². The summed E-state index contributed by atoms with van der Waals surface area (Å²) in [6.07, 6.45) is 0. The number of anilines is 1. The Morgan fingerprint density at radius 2 is 1.90 bits per heavy atom. The number of nitro groups is 1. The largest absolute Gasteiger partial charge is 0.396 e. The van der Waals surface area contributed by atoms with Gasteiger partial charge in [-0.15, -0.1) is 0 Å². The molecule has 3 amide bonds. The second-order valence-corrected chi connectivity index (χ2v) is 3.69. The molecule has 0 saturated heterocycles. The zero-order chi connectivity index (χ0) is 15.3. The van der Waals surface area contributed by atoms with Crippen LogP contribution >= 0.6 is 0 Å². The minimum atomic E-state index is -0.983. The van der Waals surface area contributed by atoms with Gasteiger partial charge < -0.3 is 22.1 Å². The van der Waals surface area contributed by atoms with E-state index in [2.05, 4.69) is 10.6 Å². The Morgan fingerprint density at radius 1 is 1.30 bits per heavy atom. The standard InChI is InChI=1S/C10H12FN5O4/c11-6-4-8(16(19)20)5(3-7(6)12)9(17)14-1-2-15-10(13)18/h3-4H,1-2,12H2,(H,14,17)(H3,13,15,18). The van der Waals surface area contributed by atoms with E-state index in [-0.39, 0.29) is 24.3 Å². The number of urea groups is 1. The lowest BCUT2D eigenvalue weighted by atomic mass is 10.1. The van der Waals surface area contributed by atoms with E-state index < -0.39 is 28.4 Å². The second kappa shape index (κ2) is 6.31. The molecule has 1 aromatic carbocycles. The molecule has 1 aromatic rings. The molecule has 0 bridgehead atoms. The molecule has 0 aromatic heterocycles. The Morgan fingerprint density at radius 3 is 2.45 bits per heavy atom. The van der Waals surface area contributed by atoms with Crippen molar-refractivity contribution in [3.8, 4) is 0 Å². The molecule has 0 spiro atoms. The molecule has 0 fully saturated rings. The average Bonchev–Trinajstić information content (AvgIpc) is 2.36. The van der Waals surface area contributed by atoms with E-state index in [0.29, 0.717) is 6.07 Å². The van der Waals surface area contributed by atoms with Crippen molar-refractivity contribution in [1.82, 2.24) is 10.6 Å². The minimum absolute atomic E-state index is 0.00376. The number of primary amides is 1. The lowest BCUT2D eigenvalue weighted by Gasteiger charge is -2.07. The fourth-order valence-corrected chi connectivity index (χ4v) is 1.37. The Hall–Kier alpha value is -2.91. The first-order valence-electron chi connectivity index (χ1n) is 5.38. The first-order chi connectivity index (χ1) is 9.32. The number of nitrogen functional groups attached to an aromatic ring is 1. The number of hydrogen-bond donors (Lipinski definition) is 4. The van der Waals surface area contributed by atoms with Gasteiger partial charge in [0.15, 0.2) is 5.82 Å². The fraction of sp³-hybridized carbons (Fsp3) is 0.200. The summed E-state index contributed by atoms with van der Waals surface area (Å²) in [5.41, 5.74) is 8.64. The summed E-state index contributed by atoms with van der Waals surface area (Å²) in [5.74, 6) is -1.79. The monoisotopic (exact) mass is 285 g/mol. The zero-order valence-corrected chi connectivity index (χ0v) is 10.2. The predicted molar refractivity (Wildman–Crippen MR) is 67.4 cm³/mol. The van der Waals surface area contributed by atoms with Gasteiger partial charge in [-0.1, -0.05) is 0 Å². The number of carbonyl (C=O) groups is 2. The summed E-state index contributed by atoms with van der Waals surface area (Å²) in [6, 6.07) is 0.687. The molecule has 20 heavy (non-hydrogen) atoms. The highest BCUT2D eigenvalue weighted by molar-refractivity contribution is 5.99. The van der Waals surface area contributed by atoms with E-state index in [0.717, 1.165) is 6.07 Å². The third-order valence-corrected chi connectivity index (χ3v) is 2.27. The van der Waals surface area contributed by atoms with E-state index in [1.54, 1.807) is 0 Å². The third-order valence-electron chi connectivity index (χ3n) is 2.27. The van der Waals surface area contributed by atoms with Crippen LogP contribution in [0.2, 0.25) is 0 Å². The van der Waals surface area contributed by atoms with Gasteiger partial charge in [0, 0.05) is 13.1 Å². The molecule has 0 unspecified atom stereocenters. The van der Waals surface area contributed by atoms with Crippen LogP contribution < -0.4 is 22.1 Å². The maximum atomic E-state index is 13.2. The number of amides is 3. The Bertz CT molecular complexity index is 563. The SMILES string of the molecule is NC(=O)NCCNC(=O)c1cc(N)c(F)cc1[N+](=O)[O-]. The highest BCUT2D eigenvalue weighted by Crippen LogP contribution is 2.24. The van der Waals surface area contributed by atoms with Crippen molar-refractivity contribution in [2.24, 2.45) is 5.73 Å². The number of nitro benzene ring substituents is 1. The van der Waals surface area contributed by atoms with Crippen molar-refractivity contribution in [1.29, 1.82) is 0 Å². The first-order valence-corrected chi connectivity index (χ1v) is 5.38. The van der Waals surface area contributed by atoms with Crippen molar-refractivity contribution in [2.45, 2.75) is 0 Å². The molecule has 108 valence electrons. The number of hydrogen-bond acceptors (Lipinski definition) is 5. The highest BCUT2D eigenvalue weighted by Gasteiger charge is 2.22. The van der Waals surface area contributed by atoms with Gasteiger partial charge in [0.1, 0.15) is 5.56 Å². The molecule has 0 aliphatic heterocycles. The van der Waals surface area contributed by atoms with Crippen LogP contribution in [0.4, 0.5) is 20.6 Å². The maximum Gasteiger partial charge on any atom is 0.312 e. The van der Waals surface area contributed by atoms with E-state index in [1.807, 2.05) is 0 Å². The Kier molecular flexibility index (Phi) is 4.78. The molecule has 0 aliphatic carbocycles. The molecule has 0 saturated carbocycles. The molecular weight excluding hydrogens is 273 g/mol. The molecule has 0 atom stereocenters. The summed E-state index contributed by atoms with van der Waals surface area (Å²) in [4.78, 5) is 32.0. The highest BCUT2D eigenvalue weighted by atomic mass is 19.1. The molecule has 10 heteroatoms. The smallest absolute Gasteiger partial charge is 0.312 e. The molecule has 0 radical (unpaired) electrons. The van der Waals surface area contributed by atoms with Crippen molar-refractivity contribution in [3.05, 3.63) is 33.6 Å². The quantitative estimate of drug-likeness (QED) is 0.253. The molecule has 1 rings (SSSR count). The summed E-state index contributed by atoms with van der Waals surface area (Å²) in [5, 5.41) is 15.3. The second-order valence-electron chi connectivity index (χ2n) is 3.69. The van der Waals surface area contributed by atoms with Crippen LogP contribution in [0, 0.1) is 15.9 Å². The van der Waals surface area contributed by atoms with E-state index >= 15 is 0 Å². The van der Waals surface area contributed by atoms with Crippen LogP contribution in [0.15, 0.2) is 12.1 Å². The first kappa shape index (κ1) is 15.1. The topological polar surface area (TPSA) is 153 Å². The zero-order valence-electron chi connectivity index (χ0n) is 10.2. The van der Waals surface area contributed by atoms with E-state index in [4.69, 9.17) is 11.5 Å². The number of nitrogens with two attached hydrogens (primary N) is 2. The molecular formula is C10H12FN5O4. The number of carbonyl (C=O) groups excluding carboxylic acids is 2. The number of rotatable bonds is 5. The van der Waals surface area contributed by atoms with Gasteiger partial charge in [-0.2, -0.15) is 0 Å². The summed E-state index contributed by atoms with van der Waals surface area (Å²) >= 11 is 0. The normalized spacial score (nSPS) is 9.85. The number of halogens is 1. The third kappa shape index (κ3) is 3.80. The van der Waals surface area contributed by atoms with Crippen LogP contribution in [0.3, 0.4) is 0 Å². The molecule has 6 N–H and O–H groups in total. The summed E-state index contributed by atoms with van der Waals surface area (Å²) in [6.45, 7) is 0.0434. The molecule has 0 heterocycles. The van der Waals surface area contributed by atoms with Gasteiger partial charge in [0.25, 0.3) is 11.6 Å². The lowest BCUT2D eigenvalue weighted by molar-refractivity contribution is -0.385. The van der Waals surface area contributed by atoms with Crippen molar-refractivity contribution in [2.75, 3.05) is 18.8 Å². The average molecular weight is 285 g/mol. The van der Waals surface area contributed by atoms with Gasteiger partial charge >= 0.3 is 6.03 Å². The Labute approximate surface area is 112 Å². The van der Waals surface area contributed by atoms with E-state index in [1.165, 1.54) is 0 Å². The van der Waals surface area contributed by atoms with Crippen molar-refractivity contribution >= 4 is 23.3 Å². The number of nitrogens with zero attached hydrogens (tertiary/aromatic N) is 1. The van der Waals surface area contributed by atoms with Gasteiger partial charge in [0.2, 0.25) is 0 Å². The number of benzene rings is 1.